The van der Waals surface area contributed by atoms with E-state index >= 15 is 0 Å². The van der Waals surface area contributed by atoms with Crippen molar-refractivity contribution in [3.05, 3.63) is 89.5 Å². The zero-order chi connectivity index (χ0) is 29.6. The molecule has 3 aromatic rings. The SMILES string of the molecule is Cc1ccc(S(=O)(=O)Nc2ccc3c(c2)OC(C)(C)[C@](O)(CCc2ccccc2)[C@]3(OC(N)=O)C(C)(C)C)cc1. The number of primary amides is 1. The highest BCUT2D eigenvalue weighted by molar-refractivity contribution is 7.92. The molecule has 0 saturated carbocycles. The molecule has 1 heterocycles. The molecule has 4 N–H and O–H groups in total. The predicted molar refractivity (Wildman–Crippen MR) is 155 cm³/mol. The molecule has 8 nitrogen and oxygen atoms in total. The Bertz CT molecular complexity index is 1500. The maximum absolute atomic E-state index is 13.1. The van der Waals surface area contributed by atoms with E-state index in [1.807, 2.05) is 58.0 Å². The van der Waals surface area contributed by atoms with Gasteiger partial charge >= 0.3 is 6.09 Å². The topological polar surface area (TPSA) is 128 Å². The van der Waals surface area contributed by atoms with Crippen LogP contribution in [0.25, 0.3) is 0 Å². The average Bonchev–Trinajstić information content (AvgIpc) is 2.85. The number of nitrogens with two attached hydrogens (primary N) is 1. The van der Waals surface area contributed by atoms with E-state index in [1.165, 1.54) is 12.1 Å². The number of sulfonamides is 1. The number of ether oxygens (including phenoxy) is 2. The van der Waals surface area contributed by atoms with Gasteiger partial charge in [0.15, 0.2) is 5.60 Å². The Balaban J connectivity index is 1.85. The van der Waals surface area contributed by atoms with Gasteiger partial charge in [-0.1, -0.05) is 68.8 Å². The molecule has 0 aromatic heterocycles. The van der Waals surface area contributed by atoms with Crippen LogP contribution in [0.5, 0.6) is 5.75 Å². The second kappa shape index (κ2) is 10.1. The Kier molecular flexibility index (Phi) is 7.45. The lowest BCUT2D eigenvalue weighted by molar-refractivity contribution is -0.281. The van der Waals surface area contributed by atoms with Gasteiger partial charge in [0.25, 0.3) is 10.0 Å². The average molecular weight is 567 g/mol. The van der Waals surface area contributed by atoms with Crippen LogP contribution in [-0.2, 0) is 26.8 Å². The molecule has 0 saturated heterocycles. The number of nitrogens with one attached hydrogen (secondary N) is 1. The van der Waals surface area contributed by atoms with Crippen molar-refractivity contribution in [3.63, 3.8) is 0 Å². The van der Waals surface area contributed by atoms with E-state index in [0.717, 1.165) is 11.1 Å². The summed E-state index contributed by atoms with van der Waals surface area (Å²) in [7, 11) is -3.88. The number of hydrogen-bond donors (Lipinski definition) is 3. The van der Waals surface area contributed by atoms with Crippen LogP contribution in [0.2, 0.25) is 0 Å². The largest absolute Gasteiger partial charge is 0.484 e. The molecule has 1 aliphatic rings. The molecule has 0 aliphatic carbocycles. The summed E-state index contributed by atoms with van der Waals surface area (Å²) in [5, 5.41) is 12.7. The normalized spacial score (nSPS) is 22.1. The lowest BCUT2D eigenvalue weighted by Crippen LogP contribution is -2.73. The fourth-order valence-electron chi connectivity index (χ4n) is 5.81. The van der Waals surface area contributed by atoms with Crippen LogP contribution in [0.3, 0.4) is 0 Å². The van der Waals surface area contributed by atoms with Crippen molar-refractivity contribution >= 4 is 21.8 Å². The summed E-state index contributed by atoms with van der Waals surface area (Å²) in [5.74, 6) is 0.273. The Hall–Kier alpha value is -3.56. The summed E-state index contributed by atoms with van der Waals surface area (Å²) in [5.41, 5.74) is 2.72. The minimum Gasteiger partial charge on any atom is -0.484 e. The molecule has 2 atom stereocenters. The number of rotatable bonds is 7. The van der Waals surface area contributed by atoms with E-state index in [4.69, 9.17) is 15.2 Å². The number of anilines is 1. The van der Waals surface area contributed by atoms with Crippen LogP contribution in [-0.4, -0.2) is 30.8 Å². The van der Waals surface area contributed by atoms with Gasteiger partial charge in [0.05, 0.1) is 10.6 Å². The van der Waals surface area contributed by atoms with Crippen molar-refractivity contribution in [2.75, 3.05) is 4.72 Å². The second-order valence-electron chi connectivity index (χ2n) is 11.9. The third kappa shape index (κ3) is 5.04. The number of benzene rings is 3. The molecular weight excluding hydrogens is 528 g/mol. The van der Waals surface area contributed by atoms with Crippen LogP contribution in [0.4, 0.5) is 10.5 Å². The molecule has 0 bridgehead atoms. The molecule has 9 heteroatoms. The van der Waals surface area contributed by atoms with E-state index in [-0.39, 0.29) is 22.8 Å². The molecule has 1 aliphatic heterocycles. The fourth-order valence-corrected chi connectivity index (χ4v) is 6.86. The van der Waals surface area contributed by atoms with Gasteiger partial charge in [0.2, 0.25) is 0 Å². The van der Waals surface area contributed by atoms with Crippen molar-refractivity contribution in [1.29, 1.82) is 0 Å². The van der Waals surface area contributed by atoms with Gasteiger partial charge < -0.3 is 20.3 Å². The Morgan fingerprint density at radius 1 is 1.02 bits per heavy atom. The van der Waals surface area contributed by atoms with Crippen LogP contribution >= 0.6 is 0 Å². The Morgan fingerprint density at radius 3 is 2.23 bits per heavy atom. The number of hydrogen-bond acceptors (Lipinski definition) is 6. The highest BCUT2D eigenvalue weighted by atomic mass is 32.2. The van der Waals surface area contributed by atoms with Gasteiger partial charge in [-0.2, -0.15) is 0 Å². The molecule has 0 fully saturated rings. The first-order chi connectivity index (χ1) is 18.5. The zero-order valence-corrected chi connectivity index (χ0v) is 24.6. The minimum absolute atomic E-state index is 0.119. The van der Waals surface area contributed by atoms with E-state index in [9.17, 15) is 18.3 Å². The van der Waals surface area contributed by atoms with Crippen molar-refractivity contribution < 1.29 is 27.8 Å². The first-order valence-electron chi connectivity index (χ1n) is 13.2. The highest BCUT2D eigenvalue weighted by Gasteiger charge is 2.71. The molecule has 214 valence electrons. The lowest BCUT2D eigenvalue weighted by Gasteiger charge is -2.61. The van der Waals surface area contributed by atoms with Crippen molar-refractivity contribution in [2.24, 2.45) is 11.1 Å². The summed E-state index contributed by atoms with van der Waals surface area (Å²) >= 11 is 0. The number of amides is 1. The highest BCUT2D eigenvalue weighted by Crippen LogP contribution is 2.61. The predicted octanol–water partition coefficient (Wildman–Crippen LogP) is 5.67. The maximum Gasteiger partial charge on any atom is 0.405 e. The quantitative estimate of drug-likeness (QED) is 0.338. The Labute approximate surface area is 236 Å². The van der Waals surface area contributed by atoms with Crippen molar-refractivity contribution in [3.8, 4) is 5.75 Å². The van der Waals surface area contributed by atoms with Crippen LogP contribution in [0.1, 0.15) is 57.7 Å². The maximum atomic E-state index is 13.1. The van der Waals surface area contributed by atoms with E-state index in [0.29, 0.717) is 12.0 Å². The summed E-state index contributed by atoms with van der Waals surface area (Å²) < 4.78 is 41.2. The summed E-state index contributed by atoms with van der Waals surface area (Å²) in [6.07, 6.45) is -0.371. The van der Waals surface area contributed by atoms with Crippen molar-refractivity contribution in [2.45, 2.75) is 76.1 Å². The monoisotopic (exact) mass is 566 g/mol. The van der Waals surface area contributed by atoms with Crippen LogP contribution in [0, 0.1) is 12.3 Å². The van der Waals surface area contributed by atoms with Crippen LogP contribution in [0.15, 0.2) is 77.7 Å². The second-order valence-corrected chi connectivity index (χ2v) is 13.6. The van der Waals surface area contributed by atoms with E-state index in [2.05, 4.69) is 4.72 Å². The number of carbonyl (C=O) groups excluding carboxylic acids is 1. The lowest BCUT2D eigenvalue weighted by atomic mass is 9.55. The number of fused-ring (bicyclic) bond motifs is 1. The molecule has 40 heavy (non-hydrogen) atoms. The molecule has 4 rings (SSSR count). The van der Waals surface area contributed by atoms with Gasteiger partial charge in [-0.3, -0.25) is 4.72 Å². The summed E-state index contributed by atoms with van der Waals surface area (Å²) in [4.78, 5) is 12.6. The van der Waals surface area contributed by atoms with E-state index < -0.39 is 38.3 Å². The number of aliphatic hydroxyl groups is 1. The molecular formula is C31H38N2O6S. The van der Waals surface area contributed by atoms with Gasteiger partial charge in [0, 0.05) is 17.0 Å². The minimum atomic E-state index is -3.88. The molecule has 0 spiro atoms. The number of carbonyl (C=O) groups is 1. The van der Waals surface area contributed by atoms with Gasteiger partial charge in [0.1, 0.15) is 17.0 Å². The fraction of sp³-hybridized carbons (Fsp3) is 0.387. The van der Waals surface area contributed by atoms with E-state index in [1.54, 1.807) is 44.2 Å². The number of aryl methyl sites for hydroxylation is 2. The third-order valence-corrected chi connectivity index (χ3v) is 9.21. The van der Waals surface area contributed by atoms with Gasteiger partial charge in [-0.25, -0.2) is 13.2 Å². The molecule has 0 unspecified atom stereocenters. The molecule has 1 amide bonds. The first kappa shape index (κ1) is 29.4. The summed E-state index contributed by atoms with van der Waals surface area (Å²) in [6.45, 7) is 10.9. The molecule has 3 aromatic carbocycles. The summed E-state index contributed by atoms with van der Waals surface area (Å²) in [6, 6.07) is 21.0. The Morgan fingerprint density at radius 2 is 1.65 bits per heavy atom. The third-order valence-electron chi connectivity index (χ3n) is 7.82. The van der Waals surface area contributed by atoms with Crippen LogP contribution < -0.4 is 15.2 Å². The van der Waals surface area contributed by atoms with Gasteiger partial charge in [-0.05, 0) is 63.4 Å². The zero-order valence-electron chi connectivity index (χ0n) is 23.8. The van der Waals surface area contributed by atoms with Crippen molar-refractivity contribution in [1.82, 2.24) is 0 Å². The smallest absolute Gasteiger partial charge is 0.405 e. The first-order valence-corrected chi connectivity index (χ1v) is 14.7. The molecule has 0 radical (unpaired) electrons. The standard InChI is InChI=1S/C31H38N2O6S/c1-21-12-15-24(16-13-21)40(36,37)33-23-14-17-25-26(20-23)38-29(5,6)30(35,19-18-22-10-8-7-9-11-22)31(25,28(2,3)4)39-27(32)34/h7-17,20,33,35H,18-19H2,1-6H3,(H2,32,34)/t30-,31-/m1/s1. The van der Waals surface area contributed by atoms with Gasteiger partial charge in [-0.15, -0.1) is 0 Å².